The zero-order valence-electron chi connectivity index (χ0n) is 11.3. The number of cyclic esters (lactones) is 1. The van der Waals surface area contributed by atoms with Crippen molar-refractivity contribution in [2.24, 2.45) is 23.2 Å². The van der Waals surface area contributed by atoms with Gasteiger partial charge >= 0.3 is 6.09 Å². The fourth-order valence-electron chi connectivity index (χ4n) is 3.73. The predicted octanol–water partition coefficient (Wildman–Crippen LogP) is 2.43. The molecule has 4 fully saturated rings. The largest absolute Gasteiger partial charge is 0.447 e. The number of amides is 2. The average molecular weight is 251 g/mol. The lowest BCUT2D eigenvalue weighted by Crippen LogP contribution is -2.60. The third-order valence-electron chi connectivity index (χ3n) is 5.29. The second-order valence-electron chi connectivity index (χ2n) is 6.66. The van der Waals surface area contributed by atoms with E-state index in [1.807, 2.05) is 20.8 Å². The van der Waals surface area contributed by atoms with Crippen LogP contribution in [-0.4, -0.2) is 29.5 Å². The summed E-state index contributed by atoms with van der Waals surface area (Å²) in [7, 11) is 0. The van der Waals surface area contributed by atoms with Gasteiger partial charge in [-0.25, -0.2) is 9.69 Å². The Kier molecular flexibility index (Phi) is 2.48. The number of hydrogen-bond acceptors (Lipinski definition) is 3. The maximum absolute atomic E-state index is 12.6. The first kappa shape index (κ1) is 12.0. The van der Waals surface area contributed by atoms with Gasteiger partial charge in [-0.15, -0.1) is 0 Å². The maximum atomic E-state index is 12.6. The number of carbonyl (C=O) groups excluding carboxylic acids is 2. The number of carbonyl (C=O) groups is 2. The lowest BCUT2D eigenvalue weighted by molar-refractivity contribution is -0.171. The van der Waals surface area contributed by atoms with Crippen LogP contribution in [0.25, 0.3) is 0 Å². The standard InChI is InChI=1S/C14H21NO3/c1-8(2)11-7-18-13(17)15(11)12(16)9(3)14-4-10(5-14)6-14/h8-11H,4-7H2,1-3H3. The average Bonchev–Trinajstić information content (AvgIpc) is 2.54. The Morgan fingerprint density at radius 1 is 1.33 bits per heavy atom. The normalized spacial score (nSPS) is 39.1. The summed E-state index contributed by atoms with van der Waals surface area (Å²) in [6.07, 6.45) is 3.08. The van der Waals surface area contributed by atoms with E-state index in [-0.39, 0.29) is 29.2 Å². The molecule has 0 N–H and O–H groups in total. The van der Waals surface area contributed by atoms with Crippen molar-refractivity contribution < 1.29 is 14.3 Å². The Balaban J connectivity index is 1.75. The number of hydrogen-bond donors (Lipinski definition) is 0. The van der Waals surface area contributed by atoms with Gasteiger partial charge < -0.3 is 4.74 Å². The van der Waals surface area contributed by atoms with E-state index < -0.39 is 6.09 Å². The SMILES string of the molecule is CC(C)C1COC(=O)N1C(=O)C(C)C12CC(C1)C2. The van der Waals surface area contributed by atoms with Crippen LogP contribution in [0.2, 0.25) is 0 Å². The van der Waals surface area contributed by atoms with Gasteiger partial charge in [0, 0.05) is 5.92 Å². The Labute approximate surface area is 108 Å². The molecular weight excluding hydrogens is 230 g/mol. The highest BCUT2D eigenvalue weighted by atomic mass is 16.6. The van der Waals surface area contributed by atoms with Crippen LogP contribution in [-0.2, 0) is 9.53 Å². The van der Waals surface area contributed by atoms with Crippen LogP contribution in [0.4, 0.5) is 4.79 Å². The van der Waals surface area contributed by atoms with Crippen LogP contribution in [0.15, 0.2) is 0 Å². The monoisotopic (exact) mass is 251 g/mol. The Morgan fingerprint density at radius 2 is 1.94 bits per heavy atom. The van der Waals surface area contributed by atoms with Crippen molar-refractivity contribution in [2.45, 2.75) is 46.1 Å². The fourth-order valence-corrected chi connectivity index (χ4v) is 3.73. The van der Waals surface area contributed by atoms with Crippen molar-refractivity contribution in [3.8, 4) is 0 Å². The predicted molar refractivity (Wildman–Crippen MR) is 65.8 cm³/mol. The molecule has 100 valence electrons. The zero-order chi connectivity index (χ0) is 13.1. The van der Waals surface area contributed by atoms with Gasteiger partial charge in [0.05, 0.1) is 6.04 Å². The van der Waals surface area contributed by atoms with Gasteiger partial charge in [0.15, 0.2) is 0 Å². The van der Waals surface area contributed by atoms with Gasteiger partial charge in [0.25, 0.3) is 0 Å². The molecule has 0 aromatic heterocycles. The minimum absolute atomic E-state index is 0.0191. The highest BCUT2D eigenvalue weighted by Crippen LogP contribution is 2.68. The molecule has 3 saturated carbocycles. The molecule has 1 aliphatic heterocycles. The number of imide groups is 1. The Bertz CT molecular complexity index is 387. The van der Waals surface area contributed by atoms with Gasteiger partial charge in [0.1, 0.15) is 6.61 Å². The molecule has 4 aliphatic rings. The summed E-state index contributed by atoms with van der Waals surface area (Å²) in [4.78, 5) is 25.7. The van der Waals surface area contributed by atoms with Crippen molar-refractivity contribution in [1.82, 2.24) is 4.90 Å². The van der Waals surface area contributed by atoms with Crippen molar-refractivity contribution >= 4 is 12.0 Å². The molecule has 2 bridgehead atoms. The first-order valence-electron chi connectivity index (χ1n) is 6.94. The molecule has 4 heteroatoms. The lowest BCUT2D eigenvalue weighted by atomic mass is 9.40. The van der Waals surface area contributed by atoms with Crippen LogP contribution in [0.1, 0.15) is 40.0 Å². The van der Waals surface area contributed by atoms with E-state index in [1.54, 1.807) is 0 Å². The first-order valence-corrected chi connectivity index (χ1v) is 6.94. The topological polar surface area (TPSA) is 46.6 Å². The van der Waals surface area contributed by atoms with Gasteiger partial charge in [-0.2, -0.15) is 0 Å². The summed E-state index contributed by atoms with van der Waals surface area (Å²) >= 11 is 0. The van der Waals surface area contributed by atoms with E-state index >= 15 is 0 Å². The third-order valence-corrected chi connectivity index (χ3v) is 5.29. The third kappa shape index (κ3) is 1.44. The summed E-state index contributed by atoms with van der Waals surface area (Å²) in [6, 6.07) is -0.0835. The number of rotatable bonds is 3. The van der Waals surface area contributed by atoms with E-state index in [1.165, 1.54) is 24.2 Å². The molecule has 0 aromatic rings. The number of ether oxygens (including phenoxy) is 1. The summed E-state index contributed by atoms with van der Waals surface area (Å²) in [5, 5.41) is 0. The minimum Gasteiger partial charge on any atom is -0.447 e. The quantitative estimate of drug-likeness (QED) is 0.774. The molecule has 2 amide bonds. The van der Waals surface area contributed by atoms with Gasteiger partial charge in [-0.3, -0.25) is 4.79 Å². The molecule has 1 saturated heterocycles. The molecule has 3 aliphatic carbocycles. The van der Waals surface area contributed by atoms with Crippen molar-refractivity contribution in [2.75, 3.05) is 6.61 Å². The van der Waals surface area contributed by atoms with Gasteiger partial charge in [-0.05, 0) is 36.5 Å². The molecule has 4 nitrogen and oxygen atoms in total. The van der Waals surface area contributed by atoms with Crippen LogP contribution >= 0.6 is 0 Å². The Morgan fingerprint density at radius 3 is 2.39 bits per heavy atom. The summed E-state index contributed by atoms with van der Waals surface area (Å²) in [6.45, 7) is 6.39. The highest BCUT2D eigenvalue weighted by molar-refractivity contribution is 5.95. The van der Waals surface area contributed by atoms with Crippen LogP contribution in [0.5, 0.6) is 0 Å². The molecule has 0 spiro atoms. The molecule has 0 aromatic carbocycles. The van der Waals surface area contributed by atoms with Gasteiger partial charge in [0.2, 0.25) is 5.91 Å². The van der Waals surface area contributed by atoms with Crippen molar-refractivity contribution in [3.63, 3.8) is 0 Å². The molecule has 2 unspecified atom stereocenters. The lowest BCUT2D eigenvalue weighted by Gasteiger charge is -2.64. The van der Waals surface area contributed by atoms with Crippen molar-refractivity contribution in [1.29, 1.82) is 0 Å². The second-order valence-corrected chi connectivity index (χ2v) is 6.66. The molecule has 1 heterocycles. The van der Waals surface area contributed by atoms with E-state index in [0.29, 0.717) is 6.61 Å². The second kappa shape index (κ2) is 3.72. The molecule has 4 rings (SSSR count). The summed E-state index contributed by atoms with van der Waals surface area (Å²) < 4.78 is 5.05. The smallest absolute Gasteiger partial charge is 0.416 e. The van der Waals surface area contributed by atoms with E-state index in [2.05, 4.69) is 0 Å². The number of nitrogens with zero attached hydrogens (tertiary/aromatic N) is 1. The molecule has 0 radical (unpaired) electrons. The van der Waals surface area contributed by atoms with E-state index in [9.17, 15) is 9.59 Å². The Hall–Kier alpha value is -1.06. The summed E-state index contributed by atoms with van der Waals surface area (Å²) in [5.41, 5.74) is 0.214. The van der Waals surface area contributed by atoms with Gasteiger partial charge in [-0.1, -0.05) is 20.8 Å². The van der Waals surface area contributed by atoms with E-state index in [4.69, 9.17) is 4.74 Å². The van der Waals surface area contributed by atoms with Crippen LogP contribution < -0.4 is 0 Å². The summed E-state index contributed by atoms with van der Waals surface area (Å²) in [5.74, 6) is 1.05. The van der Waals surface area contributed by atoms with Crippen LogP contribution in [0.3, 0.4) is 0 Å². The molecular formula is C14H21NO3. The zero-order valence-corrected chi connectivity index (χ0v) is 11.3. The maximum Gasteiger partial charge on any atom is 0.416 e. The fraction of sp³-hybridized carbons (Fsp3) is 0.857. The van der Waals surface area contributed by atoms with Crippen LogP contribution in [0, 0.1) is 23.2 Å². The van der Waals surface area contributed by atoms with Crippen molar-refractivity contribution in [3.05, 3.63) is 0 Å². The molecule has 18 heavy (non-hydrogen) atoms. The minimum atomic E-state index is -0.447. The highest BCUT2D eigenvalue weighted by Gasteiger charge is 2.62. The molecule has 2 atom stereocenters. The first-order chi connectivity index (χ1) is 8.44. The van der Waals surface area contributed by atoms with E-state index in [0.717, 1.165) is 5.92 Å².